The number of benzene rings is 2. The van der Waals surface area contributed by atoms with Crippen molar-refractivity contribution in [1.29, 1.82) is 0 Å². The molecule has 8 nitrogen and oxygen atoms in total. The van der Waals surface area contributed by atoms with E-state index < -0.39 is 23.1 Å². The van der Waals surface area contributed by atoms with E-state index in [0.29, 0.717) is 16.9 Å². The Bertz CT molecular complexity index is 871. The molecule has 0 saturated heterocycles. The van der Waals surface area contributed by atoms with Gasteiger partial charge in [0.25, 0.3) is 5.91 Å². The second-order valence-corrected chi connectivity index (χ2v) is 7.01. The number of rotatable bonds is 3. The first kappa shape index (κ1) is 20.6. The maximum absolute atomic E-state index is 12.2. The van der Waals surface area contributed by atoms with Crippen LogP contribution in [0.3, 0.4) is 0 Å². The number of hydrogen-bond donors (Lipinski definition) is 4. The number of carbonyl (C=O) groups is 4. The maximum atomic E-state index is 12.2. The summed E-state index contributed by atoms with van der Waals surface area (Å²) in [5.74, 6) is -2.69. The quantitative estimate of drug-likeness (QED) is 0.480. The van der Waals surface area contributed by atoms with E-state index in [1.165, 1.54) is 24.3 Å². The van der Waals surface area contributed by atoms with Crippen LogP contribution in [0.2, 0.25) is 0 Å². The summed E-state index contributed by atoms with van der Waals surface area (Å²) >= 11 is 0. The Morgan fingerprint density at radius 3 is 1.82 bits per heavy atom. The zero-order valence-corrected chi connectivity index (χ0v) is 15.8. The second kappa shape index (κ2) is 8.81. The molecule has 0 unspecified atom stereocenters. The molecule has 4 amide bonds. The minimum atomic E-state index is -1.01. The SMILES string of the molecule is CC(C)(C)C(=O)NNC(=O)C(=O)Nc1ccc(C(=O)Nc2ccccc2)cc1. The predicted molar refractivity (Wildman–Crippen MR) is 105 cm³/mol. The summed E-state index contributed by atoms with van der Waals surface area (Å²) < 4.78 is 0. The summed E-state index contributed by atoms with van der Waals surface area (Å²) in [6.45, 7) is 5.01. The highest BCUT2D eigenvalue weighted by atomic mass is 16.2. The minimum Gasteiger partial charge on any atom is -0.322 e. The Morgan fingerprint density at radius 2 is 1.25 bits per heavy atom. The molecule has 8 heteroatoms. The highest BCUT2D eigenvalue weighted by Crippen LogP contribution is 2.13. The Morgan fingerprint density at radius 1 is 0.679 bits per heavy atom. The van der Waals surface area contributed by atoms with E-state index in [0.717, 1.165) is 0 Å². The van der Waals surface area contributed by atoms with Crippen molar-refractivity contribution < 1.29 is 19.2 Å². The van der Waals surface area contributed by atoms with Crippen molar-refractivity contribution >= 4 is 35.0 Å². The standard InChI is InChI=1S/C20H22N4O4/c1-20(2,3)19(28)24-23-18(27)17(26)22-15-11-9-13(10-12-15)16(25)21-14-7-5-4-6-8-14/h4-12H,1-3H3,(H,21,25)(H,22,26)(H,23,27)(H,24,28). The van der Waals surface area contributed by atoms with Crippen molar-refractivity contribution in [2.45, 2.75) is 20.8 Å². The monoisotopic (exact) mass is 382 g/mol. The summed E-state index contributed by atoms with van der Waals surface area (Å²) in [6, 6.07) is 15.0. The van der Waals surface area contributed by atoms with Crippen molar-refractivity contribution in [3.63, 3.8) is 0 Å². The molecule has 0 aliphatic heterocycles. The van der Waals surface area contributed by atoms with Gasteiger partial charge in [0.2, 0.25) is 5.91 Å². The number of nitrogens with one attached hydrogen (secondary N) is 4. The lowest BCUT2D eigenvalue weighted by molar-refractivity contribution is -0.139. The van der Waals surface area contributed by atoms with Crippen molar-refractivity contribution in [3.05, 3.63) is 60.2 Å². The first-order chi connectivity index (χ1) is 13.2. The van der Waals surface area contributed by atoms with Crippen LogP contribution in [0.1, 0.15) is 31.1 Å². The van der Waals surface area contributed by atoms with Crippen LogP contribution in [-0.4, -0.2) is 23.6 Å². The molecule has 0 aliphatic carbocycles. The summed E-state index contributed by atoms with van der Waals surface area (Å²) in [7, 11) is 0. The zero-order chi connectivity index (χ0) is 20.7. The molecule has 2 aromatic carbocycles. The van der Waals surface area contributed by atoms with Crippen LogP contribution >= 0.6 is 0 Å². The van der Waals surface area contributed by atoms with Gasteiger partial charge in [0.05, 0.1) is 0 Å². The largest absolute Gasteiger partial charge is 0.328 e. The van der Waals surface area contributed by atoms with Gasteiger partial charge in [-0.1, -0.05) is 39.0 Å². The van der Waals surface area contributed by atoms with Crippen LogP contribution in [0.25, 0.3) is 0 Å². The molecule has 0 aromatic heterocycles. The molecule has 28 heavy (non-hydrogen) atoms. The number of anilines is 2. The van der Waals surface area contributed by atoms with Gasteiger partial charge < -0.3 is 10.6 Å². The molecule has 0 saturated carbocycles. The minimum absolute atomic E-state index is 0.299. The molecule has 0 bridgehead atoms. The molecule has 2 rings (SSSR count). The number of para-hydroxylation sites is 1. The fraction of sp³-hybridized carbons (Fsp3) is 0.200. The maximum Gasteiger partial charge on any atom is 0.328 e. The fourth-order valence-electron chi connectivity index (χ4n) is 1.98. The molecule has 146 valence electrons. The molecular weight excluding hydrogens is 360 g/mol. The first-order valence-corrected chi connectivity index (χ1v) is 8.55. The first-order valence-electron chi connectivity index (χ1n) is 8.55. The normalized spacial score (nSPS) is 10.5. The highest BCUT2D eigenvalue weighted by molar-refractivity contribution is 6.39. The van der Waals surface area contributed by atoms with E-state index >= 15 is 0 Å². The van der Waals surface area contributed by atoms with Gasteiger partial charge in [-0.05, 0) is 36.4 Å². The lowest BCUT2D eigenvalue weighted by Crippen LogP contribution is -2.50. The number of carbonyl (C=O) groups excluding carboxylic acids is 4. The van der Waals surface area contributed by atoms with Crippen molar-refractivity contribution in [2.75, 3.05) is 10.6 Å². The Hall–Kier alpha value is -3.68. The predicted octanol–water partition coefficient (Wildman–Crippen LogP) is 2.07. The summed E-state index contributed by atoms with van der Waals surface area (Å²) in [4.78, 5) is 47.5. The third-order valence-corrected chi connectivity index (χ3v) is 3.61. The smallest absolute Gasteiger partial charge is 0.322 e. The average Bonchev–Trinajstić information content (AvgIpc) is 2.66. The van der Waals surface area contributed by atoms with Gasteiger partial charge in [-0.2, -0.15) is 0 Å². The Balaban J connectivity index is 1.89. The lowest BCUT2D eigenvalue weighted by atomic mass is 9.96. The lowest BCUT2D eigenvalue weighted by Gasteiger charge is -2.17. The Labute approximate surface area is 162 Å². The molecule has 0 heterocycles. The van der Waals surface area contributed by atoms with E-state index in [1.807, 2.05) is 18.2 Å². The summed E-state index contributed by atoms with van der Waals surface area (Å²) in [5.41, 5.74) is 4.92. The molecule has 4 N–H and O–H groups in total. The van der Waals surface area contributed by atoms with Crippen molar-refractivity contribution in [1.82, 2.24) is 10.9 Å². The number of hydrazine groups is 1. The van der Waals surface area contributed by atoms with E-state index in [4.69, 9.17) is 0 Å². The van der Waals surface area contributed by atoms with E-state index in [1.54, 1.807) is 32.9 Å². The topological polar surface area (TPSA) is 116 Å². The van der Waals surface area contributed by atoms with Crippen LogP contribution in [-0.2, 0) is 14.4 Å². The van der Waals surface area contributed by atoms with E-state index in [-0.39, 0.29) is 5.91 Å². The fourth-order valence-corrected chi connectivity index (χ4v) is 1.98. The summed E-state index contributed by atoms with van der Waals surface area (Å²) in [6.07, 6.45) is 0. The van der Waals surface area contributed by atoms with Crippen molar-refractivity contribution in [3.8, 4) is 0 Å². The molecule has 0 spiro atoms. The van der Waals surface area contributed by atoms with Gasteiger partial charge in [0.15, 0.2) is 0 Å². The third kappa shape index (κ3) is 5.94. The van der Waals surface area contributed by atoms with Gasteiger partial charge >= 0.3 is 11.8 Å². The van der Waals surface area contributed by atoms with Crippen LogP contribution in [0, 0.1) is 5.41 Å². The van der Waals surface area contributed by atoms with Gasteiger partial charge in [-0.25, -0.2) is 0 Å². The molecule has 0 atom stereocenters. The molecule has 0 radical (unpaired) electrons. The molecule has 0 fully saturated rings. The van der Waals surface area contributed by atoms with Gasteiger partial charge in [0, 0.05) is 22.4 Å². The van der Waals surface area contributed by atoms with Crippen LogP contribution in [0.5, 0.6) is 0 Å². The number of amides is 4. The van der Waals surface area contributed by atoms with E-state index in [2.05, 4.69) is 21.5 Å². The molecule has 0 aliphatic rings. The van der Waals surface area contributed by atoms with Gasteiger partial charge in [-0.15, -0.1) is 0 Å². The summed E-state index contributed by atoms with van der Waals surface area (Å²) in [5, 5.41) is 5.13. The van der Waals surface area contributed by atoms with Crippen LogP contribution in [0.15, 0.2) is 54.6 Å². The number of hydrogen-bond acceptors (Lipinski definition) is 4. The second-order valence-electron chi connectivity index (χ2n) is 7.01. The van der Waals surface area contributed by atoms with Crippen LogP contribution in [0.4, 0.5) is 11.4 Å². The zero-order valence-electron chi connectivity index (χ0n) is 15.8. The Kier molecular flexibility index (Phi) is 6.49. The van der Waals surface area contributed by atoms with Crippen molar-refractivity contribution in [2.24, 2.45) is 5.41 Å². The highest BCUT2D eigenvalue weighted by Gasteiger charge is 2.23. The van der Waals surface area contributed by atoms with E-state index in [9.17, 15) is 19.2 Å². The van der Waals surface area contributed by atoms with Gasteiger partial charge in [-0.3, -0.25) is 30.0 Å². The van der Waals surface area contributed by atoms with Crippen LogP contribution < -0.4 is 21.5 Å². The molecule has 2 aromatic rings. The third-order valence-electron chi connectivity index (χ3n) is 3.61. The molecular formula is C20H22N4O4. The van der Waals surface area contributed by atoms with Gasteiger partial charge in [0.1, 0.15) is 0 Å². The average molecular weight is 382 g/mol.